The maximum absolute atomic E-state index is 12.7. The van der Waals surface area contributed by atoms with Crippen LogP contribution in [0.3, 0.4) is 0 Å². The molecule has 0 unspecified atom stereocenters. The van der Waals surface area contributed by atoms with E-state index >= 15 is 0 Å². The van der Waals surface area contributed by atoms with Crippen LogP contribution in [-0.2, 0) is 4.79 Å². The van der Waals surface area contributed by atoms with Gasteiger partial charge in [-0.3, -0.25) is 4.79 Å². The van der Waals surface area contributed by atoms with Gasteiger partial charge in [-0.15, -0.1) is 5.10 Å². The number of nitrogens with two attached hydrogens (primary N) is 1. The van der Waals surface area contributed by atoms with E-state index in [9.17, 15) is 4.79 Å². The van der Waals surface area contributed by atoms with Gasteiger partial charge in [-0.1, -0.05) is 54.9 Å². The highest BCUT2D eigenvalue weighted by atomic mass is 32.2. The van der Waals surface area contributed by atoms with Crippen LogP contribution in [0.1, 0.15) is 36.5 Å². The van der Waals surface area contributed by atoms with Gasteiger partial charge in [-0.25, -0.2) is 5.10 Å². The summed E-state index contributed by atoms with van der Waals surface area (Å²) < 4.78 is 0. The monoisotopic (exact) mass is 317 g/mol. The summed E-state index contributed by atoms with van der Waals surface area (Å²) in [5, 5.41) is 9.87. The topological polar surface area (TPSA) is 96.7 Å². The maximum Gasteiger partial charge on any atom is 0.238 e. The Bertz CT molecular complexity index is 624. The second-order valence-electron chi connectivity index (χ2n) is 5.40. The minimum atomic E-state index is -0.378. The SMILES string of the molecule is Nc1nc(S[C@H](C(=O)NC2CCCC2)c2ccccc2)n[nH]1. The van der Waals surface area contributed by atoms with Gasteiger partial charge >= 0.3 is 0 Å². The van der Waals surface area contributed by atoms with Crippen LogP contribution >= 0.6 is 11.8 Å². The molecule has 4 N–H and O–H groups in total. The van der Waals surface area contributed by atoms with Crippen LogP contribution in [0.2, 0.25) is 0 Å². The predicted molar refractivity (Wildman–Crippen MR) is 86.2 cm³/mol. The lowest BCUT2D eigenvalue weighted by molar-refractivity contribution is -0.121. The summed E-state index contributed by atoms with van der Waals surface area (Å²) in [4.78, 5) is 16.8. The highest BCUT2D eigenvalue weighted by molar-refractivity contribution is 8.00. The lowest BCUT2D eigenvalue weighted by atomic mass is 10.1. The normalized spacial score (nSPS) is 16.5. The summed E-state index contributed by atoms with van der Waals surface area (Å²) in [7, 11) is 0. The zero-order chi connectivity index (χ0) is 15.4. The Kier molecular flexibility index (Phi) is 4.62. The van der Waals surface area contributed by atoms with Gasteiger partial charge in [0.15, 0.2) is 0 Å². The number of nitrogens with zero attached hydrogens (tertiary/aromatic N) is 2. The third-order valence-electron chi connectivity index (χ3n) is 3.75. The first-order valence-electron chi connectivity index (χ1n) is 7.42. The van der Waals surface area contributed by atoms with E-state index in [0.29, 0.717) is 5.16 Å². The molecule has 7 heteroatoms. The molecule has 0 saturated heterocycles. The molecule has 1 saturated carbocycles. The van der Waals surface area contributed by atoms with Gasteiger partial charge in [0.05, 0.1) is 0 Å². The molecule has 1 aromatic heterocycles. The van der Waals surface area contributed by atoms with Crippen molar-refractivity contribution in [1.82, 2.24) is 20.5 Å². The van der Waals surface area contributed by atoms with Gasteiger partial charge in [0.1, 0.15) is 5.25 Å². The molecule has 1 aliphatic carbocycles. The first kappa shape index (κ1) is 14.9. The lowest BCUT2D eigenvalue weighted by Crippen LogP contribution is -2.35. The number of benzene rings is 1. The zero-order valence-electron chi connectivity index (χ0n) is 12.2. The molecular weight excluding hydrogens is 298 g/mol. The van der Waals surface area contributed by atoms with Crippen LogP contribution in [0, 0.1) is 0 Å². The Hall–Kier alpha value is -2.02. The first-order chi connectivity index (χ1) is 10.7. The van der Waals surface area contributed by atoms with Crippen LogP contribution in [0.5, 0.6) is 0 Å². The van der Waals surface area contributed by atoms with Crippen molar-refractivity contribution in [3.63, 3.8) is 0 Å². The summed E-state index contributed by atoms with van der Waals surface area (Å²) in [6, 6.07) is 9.97. The van der Waals surface area contributed by atoms with Gasteiger partial charge in [-0.05, 0) is 18.4 Å². The standard InChI is InChI=1S/C15H19N5OS/c16-14-18-15(20-19-14)22-12(10-6-2-1-3-7-10)13(21)17-11-8-4-5-9-11/h1-3,6-7,11-12H,4-5,8-9H2,(H,17,21)(H3,16,18,19,20)/t12-/m0/s1. The van der Waals surface area contributed by atoms with Crippen molar-refractivity contribution in [3.8, 4) is 0 Å². The molecule has 1 fully saturated rings. The summed E-state index contributed by atoms with van der Waals surface area (Å²) in [6.45, 7) is 0. The fourth-order valence-corrected chi connectivity index (χ4v) is 3.59. The number of rotatable bonds is 5. The quantitative estimate of drug-likeness (QED) is 0.735. The fraction of sp³-hybridized carbons (Fsp3) is 0.400. The minimum absolute atomic E-state index is 0.00599. The van der Waals surface area contributed by atoms with Gasteiger partial charge in [0.25, 0.3) is 0 Å². The number of thioether (sulfide) groups is 1. The van der Waals surface area contributed by atoms with Crippen molar-refractivity contribution in [2.24, 2.45) is 0 Å². The Labute approximate surface area is 133 Å². The number of H-pyrrole nitrogens is 1. The summed E-state index contributed by atoms with van der Waals surface area (Å²) >= 11 is 1.31. The van der Waals surface area contributed by atoms with Crippen molar-refractivity contribution in [1.29, 1.82) is 0 Å². The Morgan fingerprint density at radius 1 is 1.32 bits per heavy atom. The predicted octanol–water partition coefficient (Wildman–Crippen LogP) is 2.28. The molecule has 1 aromatic carbocycles. The molecule has 1 amide bonds. The summed E-state index contributed by atoms with van der Waals surface area (Å²) in [5.41, 5.74) is 6.49. The van der Waals surface area contributed by atoms with Crippen LogP contribution in [0.25, 0.3) is 0 Å². The van der Waals surface area contributed by atoms with Gasteiger partial charge < -0.3 is 11.1 Å². The second kappa shape index (κ2) is 6.83. The van der Waals surface area contributed by atoms with Crippen LogP contribution in [0.4, 0.5) is 5.95 Å². The highest BCUT2D eigenvalue weighted by Crippen LogP contribution is 2.34. The molecule has 1 atom stereocenters. The third-order valence-corrected chi connectivity index (χ3v) is 4.86. The minimum Gasteiger partial charge on any atom is -0.368 e. The summed E-state index contributed by atoms with van der Waals surface area (Å²) in [6.07, 6.45) is 4.49. The number of carbonyl (C=O) groups excluding carboxylic acids is 1. The smallest absolute Gasteiger partial charge is 0.238 e. The first-order valence-corrected chi connectivity index (χ1v) is 8.30. The van der Waals surface area contributed by atoms with E-state index < -0.39 is 0 Å². The fourth-order valence-electron chi connectivity index (χ4n) is 2.66. The van der Waals surface area contributed by atoms with Crippen LogP contribution < -0.4 is 11.1 Å². The third kappa shape index (κ3) is 3.59. The number of hydrogen-bond donors (Lipinski definition) is 3. The van der Waals surface area contributed by atoms with Crippen molar-refractivity contribution in [3.05, 3.63) is 35.9 Å². The van der Waals surface area contributed by atoms with Crippen LogP contribution in [0.15, 0.2) is 35.5 Å². The number of anilines is 1. The number of hydrogen-bond acceptors (Lipinski definition) is 5. The van der Waals surface area contributed by atoms with Gasteiger partial charge in [0, 0.05) is 6.04 Å². The molecule has 116 valence electrons. The average molecular weight is 317 g/mol. The highest BCUT2D eigenvalue weighted by Gasteiger charge is 2.27. The van der Waals surface area contributed by atoms with E-state index in [1.165, 1.54) is 24.6 Å². The van der Waals surface area contributed by atoms with Gasteiger partial charge in [0.2, 0.25) is 17.0 Å². The largest absolute Gasteiger partial charge is 0.368 e. The second-order valence-corrected chi connectivity index (χ2v) is 6.47. The van der Waals surface area contributed by atoms with E-state index in [1.54, 1.807) is 0 Å². The van der Waals surface area contributed by atoms with Crippen molar-refractivity contribution in [2.45, 2.75) is 42.1 Å². The molecule has 1 aliphatic rings. The van der Waals surface area contributed by atoms with Crippen molar-refractivity contribution >= 4 is 23.6 Å². The number of carbonyl (C=O) groups is 1. The van der Waals surface area contributed by atoms with E-state index in [4.69, 9.17) is 5.73 Å². The molecule has 0 spiro atoms. The molecule has 0 aliphatic heterocycles. The number of nitrogens with one attached hydrogen (secondary N) is 2. The molecule has 22 heavy (non-hydrogen) atoms. The van der Waals surface area contributed by atoms with E-state index in [0.717, 1.165) is 18.4 Å². The molecule has 2 aromatic rings. The number of amides is 1. The Morgan fingerprint density at radius 2 is 2.05 bits per heavy atom. The van der Waals surface area contributed by atoms with E-state index in [1.807, 2.05) is 30.3 Å². The van der Waals surface area contributed by atoms with E-state index in [2.05, 4.69) is 20.5 Å². The average Bonchev–Trinajstić information content (AvgIpc) is 3.17. The Morgan fingerprint density at radius 3 is 2.68 bits per heavy atom. The number of nitrogen functional groups attached to an aromatic ring is 1. The zero-order valence-corrected chi connectivity index (χ0v) is 13.0. The lowest BCUT2D eigenvalue weighted by Gasteiger charge is -2.18. The molecule has 0 bridgehead atoms. The molecule has 6 nitrogen and oxygen atoms in total. The molecule has 1 heterocycles. The number of aromatic nitrogens is 3. The van der Waals surface area contributed by atoms with E-state index in [-0.39, 0.29) is 23.1 Å². The molecule has 3 rings (SSSR count). The van der Waals surface area contributed by atoms with Crippen molar-refractivity contribution < 1.29 is 4.79 Å². The van der Waals surface area contributed by atoms with Crippen molar-refractivity contribution in [2.75, 3.05) is 5.73 Å². The van der Waals surface area contributed by atoms with Gasteiger partial charge in [-0.2, -0.15) is 4.98 Å². The molecular formula is C15H19N5OS. The number of aromatic amines is 1. The molecule has 0 radical (unpaired) electrons. The summed E-state index contributed by atoms with van der Waals surface area (Å²) in [5.74, 6) is 0.261. The Balaban J connectivity index is 1.77. The van der Waals surface area contributed by atoms with Crippen LogP contribution in [-0.4, -0.2) is 27.1 Å². The maximum atomic E-state index is 12.7.